The van der Waals surface area contributed by atoms with Crippen LogP contribution in [0.3, 0.4) is 0 Å². The van der Waals surface area contributed by atoms with Gasteiger partial charge < -0.3 is 10.3 Å². The Balaban J connectivity index is 1.77. The Morgan fingerprint density at radius 1 is 1.65 bits per heavy atom. The molecule has 0 unspecified atom stereocenters. The topological polar surface area (TPSA) is 84.4 Å². The highest BCUT2D eigenvalue weighted by molar-refractivity contribution is 5.90. The quantitative estimate of drug-likeness (QED) is 0.793. The summed E-state index contributed by atoms with van der Waals surface area (Å²) in [7, 11) is 0. The van der Waals surface area contributed by atoms with Crippen LogP contribution < -0.4 is 11.1 Å². The van der Waals surface area contributed by atoms with Crippen LogP contribution in [-0.2, 0) is 4.79 Å². The molecule has 6 heteroatoms. The number of piperidine rings is 1. The van der Waals surface area contributed by atoms with E-state index < -0.39 is 0 Å². The third-order valence-electron chi connectivity index (χ3n) is 2.89. The van der Waals surface area contributed by atoms with Gasteiger partial charge in [0, 0.05) is 25.2 Å². The first-order valence-corrected chi connectivity index (χ1v) is 5.84. The molecule has 1 fully saturated rings. The number of aryl methyl sites for hydroxylation is 1. The first kappa shape index (κ1) is 12.1. The van der Waals surface area contributed by atoms with Crippen molar-refractivity contribution in [3.63, 3.8) is 0 Å². The molecular formula is C11H18N4O2. The van der Waals surface area contributed by atoms with Crippen molar-refractivity contribution in [3.05, 3.63) is 11.8 Å². The smallest absolute Gasteiger partial charge is 0.240 e. The fourth-order valence-corrected chi connectivity index (χ4v) is 1.91. The van der Waals surface area contributed by atoms with Gasteiger partial charge in [-0.05, 0) is 19.8 Å². The molecule has 0 spiro atoms. The van der Waals surface area contributed by atoms with Crippen molar-refractivity contribution in [2.24, 2.45) is 5.73 Å². The first-order valence-electron chi connectivity index (χ1n) is 5.84. The molecule has 0 aliphatic carbocycles. The summed E-state index contributed by atoms with van der Waals surface area (Å²) in [6.45, 7) is 3.95. The zero-order valence-electron chi connectivity index (χ0n) is 9.98. The van der Waals surface area contributed by atoms with E-state index >= 15 is 0 Å². The van der Waals surface area contributed by atoms with Gasteiger partial charge >= 0.3 is 0 Å². The molecule has 1 aromatic rings. The fraction of sp³-hybridized carbons (Fsp3) is 0.636. The highest BCUT2D eigenvalue weighted by atomic mass is 16.5. The Morgan fingerprint density at radius 2 is 2.35 bits per heavy atom. The summed E-state index contributed by atoms with van der Waals surface area (Å²) in [4.78, 5) is 13.8. The van der Waals surface area contributed by atoms with Crippen molar-refractivity contribution < 1.29 is 9.32 Å². The van der Waals surface area contributed by atoms with Gasteiger partial charge in [-0.2, -0.15) is 0 Å². The van der Waals surface area contributed by atoms with Crippen molar-refractivity contribution in [3.8, 4) is 0 Å². The standard InChI is InChI=1S/C11H18N4O2/c1-8-6-11(17-14-8)13-10(16)7-15-4-2-9(12)3-5-15/h6,9H,2-5,7,12H2,1H3,(H,13,16). The molecule has 17 heavy (non-hydrogen) atoms. The number of rotatable bonds is 3. The lowest BCUT2D eigenvalue weighted by atomic mass is 10.1. The van der Waals surface area contributed by atoms with Crippen LogP contribution in [0.15, 0.2) is 10.6 Å². The number of amides is 1. The van der Waals surface area contributed by atoms with Gasteiger partial charge in [0.15, 0.2) is 0 Å². The second-order valence-corrected chi connectivity index (χ2v) is 4.49. The molecule has 2 rings (SSSR count). The predicted octanol–water partition coefficient (Wildman–Crippen LogP) is 0.345. The van der Waals surface area contributed by atoms with E-state index in [0.717, 1.165) is 31.6 Å². The zero-order valence-corrected chi connectivity index (χ0v) is 9.98. The van der Waals surface area contributed by atoms with E-state index in [0.29, 0.717) is 12.4 Å². The van der Waals surface area contributed by atoms with E-state index in [1.807, 2.05) is 6.92 Å². The molecule has 2 heterocycles. The van der Waals surface area contributed by atoms with Gasteiger partial charge in [-0.15, -0.1) is 0 Å². The molecule has 0 bridgehead atoms. The average molecular weight is 238 g/mol. The number of nitrogens with one attached hydrogen (secondary N) is 1. The molecule has 0 radical (unpaired) electrons. The maximum Gasteiger partial charge on any atom is 0.240 e. The number of hydrogen-bond acceptors (Lipinski definition) is 5. The van der Waals surface area contributed by atoms with E-state index in [1.54, 1.807) is 6.07 Å². The minimum Gasteiger partial charge on any atom is -0.338 e. The Labute approximate surface area is 100 Å². The summed E-state index contributed by atoms with van der Waals surface area (Å²) >= 11 is 0. The largest absolute Gasteiger partial charge is 0.338 e. The van der Waals surface area contributed by atoms with E-state index in [-0.39, 0.29) is 11.9 Å². The normalized spacial score (nSPS) is 18.2. The number of carbonyl (C=O) groups is 1. The lowest BCUT2D eigenvalue weighted by Crippen LogP contribution is -2.43. The summed E-state index contributed by atoms with van der Waals surface area (Å²) in [6.07, 6.45) is 1.91. The molecule has 6 nitrogen and oxygen atoms in total. The van der Waals surface area contributed by atoms with Crippen LogP contribution in [0.25, 0.3) is 0 Å². The van der Waals surface area contributed by atoms with Gasteiger partial charge in [0.1, 0.15) is 0 Å². The Morgan fingerprint density at radius 3 is 2.94 bits per heavy atom. The van der Waals surface area contributed by atoms with Gasteiger partial charge in [-0.1, -0.05) is 5.16 Å². The third kappa shape index (κ3) is 3.54. The monoisotopic (exact) mass is 238 g/mol. The number of hydrogen-bond donors (Lipinski definition) is 2. The molecule has 1 aliphatic heterocycles. The summed E-state index contributed by atoms with van der Waals surface area (Å²) in [5.74, 6) is 0.331. The summed E-state index contributed by atoms with van der Waals surface area (Å²) in [6, 6.07) is 1.98. The van der Waals surface area contributed by atoms with Crippen molar-refractivity contribution in [1.29, 1.82) is 0 Å². The molecule has 3 N–H and O–H groups in total. The number of anilines is 1. The van der Waals surface area contributed by atoms with Gasteiger partial charge in [0.2, 0.25) is 11.8 Å². The highest BCUT2D eigenvalue weighted by Gasteiger charge is 2.18. The second kappa shape index (κ2) is 5.29. The van der Waals surface area contributed by atoms with Crippen LogP contribution >= 0.6 is 0 Å². The Hall–Kier alpha value is -1.40. The molecular weight excluding hydrogens is 220 g/mol. The lowest BCUT2D eigenvalue weighted by Gasteiger charge is -2.29. The number of nitrogens with two attached hydrogens (primary N) is 1. The van der Waals surface area contributed by atoms with E-state index in [1.165, 1.54) is 0 Å². The lowest BCUT2D eigenvalue weighted by molar-refractivity contribution is -0.117. The summed E-state index contributed by atoms with van der Waals surface area (Å²) in [5, 5.41) is 6.39. The van der Waals surface area contributed by atoms with Gasteiger partial charge in [0.05, 0.1) is 12.2 Å². The van der Waals surface area contributed by atoms with Crippen molar-refractivity contribution in [2.45, 2.75) is 25.8 Å². The van der Waals surface area contributed by atoms with Crippen LogP contribution in [0.2, 0.25) is 0 Å². The van der Waals surface area contributed by atoms with Gasteiger partial charge in [-0.25, -0.2) is 0 Å². The number of nitrogens with zero attached hydrogens (tertiary/aromatic N) is 2. The van der Waals surface area contributed by atoms with Gasteiger partial charge in [0.25, 0.3) is 0 Å². The maximum atomic E-state index is 11.7. The van der Waals surface area contributed by atoms with Crippen LogP contribution in [0.5, 0.6) is 0 Å². The Kier molecular flexibility index (Phi) is 3.75. The van der Waals surface area contributed by atoms with Crippen LogP contribution in [0, 0.1) is 6.92 Å². The number of carbonyl (C=O) groups excluding carboxylic acids is 1. The van der Waals surface area contributed by atoms with Crippen molar-refractivity contribution in [2.75, 3.05) is 25.0 Å². The fourth-order valence-electron chi connectivity index (χ4n) is 1.91. The van der Waals surface area contributed by atoms with Crippen LogP contribution in [0.4, 0.5) is 5.88 Å². The molecule has 1 amide bonds. The minimum atomic E-state index is -0.0726. The van der Waals surface area contributed by atoms with Crippen molar-refractivity contribution in [1.82, 2.24) is 10.1 Å². The van der Waals surface area contributed by atoms with E-state index in [2.05, 4.69) is 15.4 Å². The maximum absolute atomic E-state index is 11.7. The molecule has 0 atom stereocenters. The van der Waals surface area contributed by atoms with Gasteiger partial charge in [-0.3, -0.25) is 15.0 Å². The highest BCUT2D eigenvalue weighted by Crippen LogP contribution is 2.10. The van der Waals surface area contributed by atoms with Crippen LogP contribution in [-0.4, -0.2) is 41.6 Å². The second-order valence-electron chi connectivity index (χ2n) is 4.49. The van der Waals surface area contributed by atoms with E-state index in [9.17, 15) is 4.79 Å². The molecule has 1 aromatic heterocycles. The SMILES string of the molecule is Cc1cc(NC(=O)CN2CCC(N)CC2)on1. The molecule has 1 saturated heterocycles. The molecule has 0 saturated carbocycles. The third-order valence-corrected chi connectivity index (χ3v) is 2.89. The minimum absolute atomic E-state index is 0.0726. The molecule has 94 valence electrons. The Bertz CT molecular complexity index is 383. The number of likely N-dealkylation sites (tertiary alicyclic amines) is 1. The van der Waals surface area contributed by atoms with Crippen LogP contribution in [0.1, 0.15) is 18.5 Å². The van der Waals surface area contributed by atoms with E-state index in [4.69, 9.17) is 10.3 Å². The summed E-state index contributed by atoms with van der Waals surface area (Å²) in [5.41, 5.74) is 6.56. The summed E-state index contributed by atoms with van der Waals surface area (Å²) < 4.78 is 4.92. The zero-order chi connectivity index (χ0) is 12.3. The predicted molar refractivity (Wildman–Crippen MR) is 63.5 cm³/mol. The molecule has 1 aliphatic rings. The average Bonchev–Trinajstić information content (AvgIpc) is 2.67. The first-order chi connectivity index (χ1) is 8.13. The van der Waals surface area contributed by atoms with Crippen molar-refractivity contribution >= 4 is 11.8 Å². The number of aromatic nitrogens is 1. The molecule has 0 aromatic carbocycles.